The van der Waals surface area contributed by atoms with Gasteiger partial charge in [-0.15, -0.1) is 0 Å². The van der Waals surface area contributed by atoms with E-state index in [2.05, 4.69) is 58.6 Å². The fourth-order valence-corrected chi connectivity index (χ4v) is 4.47. The van der Waals surface area contributed by atoms with E-state index in [0.29, 0.717) is 29.5 Å². The highest BCUT2D eigenvalue weighted by atomic mass is 16.5. The quantitative estimate of drug-likeness (QED) is 0.469. The molecule has 0 bridgehead atoms. The molecule has 1 saturated heterocycles. The molecule has 0 spiro atoms. The topological polar surface area (TPSA) is 100 Å². The second-order valence-corrected chi connectivity index (χ2v) is 11.1. The summed E-state index contributed by atoms with van der Waals surface area (Å²) in [5.41, 5.74) is 3.30. The van der Waals surface area contributed by atoms with Crippen LogP contribution in [-0.4, -0.2) is 46.0 Å². The van der Waals surface area contributed by atoms with Crippen molar-refractivity contribution in [2.24, 2.45) is 5.92 Å². The van der Waals surface area contributed by atoms with Crippen LogP contribution in [0.1, 0.15) is 69.3 Å². The molecule has 2 N–H and O–H groups in total. The number of amides is 2. The Labute approximate surface area is 218 Å². The maximum atomic E-state index is 13.0. The van der Waals surface area contributed by atoms with Gasteiger partial charge in [0.2, 0.25) is 17.6 Å². The van der Waals surface area contributed by atoms with Gasteiger partial charge in [0.05, 0.1) is 17.8 Å². The summed E-state index contributed by atoms with van der Waals surface area (Å²) in [6, 6.07) is 15.4. The normalized spacial score (nSPS) is 15.1. The molecule has 0 aliphatic carbocycles. The highest BCUT2D eigenvalue weighted by Crippen LogP contribution is 2.26. The summed E-state index contributed by atoms with van der Waals surface area (Å²) in [5.74, 6) is 0.804. The molecule has 2 amide bonds. The molecule has 0 saturated carbocycles. The minimum Gasteiger partial charge on any atom is -0.350 e. The molecule has 1 aliphatic heterocycles. The molecule has 8 heteroatoms. The number of hydrogen-bond donors (Lipinski definition) is 2. The number of benzene rings is 2. The van der Waals surface area contributed by atoms with Crippen LogP contribution in [0.2, 0.25) is 0 Å². The Bertz CT molecular complexity index is 1220. The number of nitrogens with zero attached hydrogens (tertiary/aromatic N) is 3. The first-order valence-corrected chi connectivity index (χ1v) is 13.0. The van der Waals surface area contributed by atoms with E-state index in [0.717, 1.165) is 31.5 Å². The second-order valence-electron chi connectivity index (χ2n) is 11.1. The minimum absolute atomic E-state index is 0.0181. The van der Waals surface area contributed by atoms with Crippen molar-refractivity contribution in [3.63, 3.8) is 0 Å². The number of anilines is 1. The van der Waals surface area contributed by atoms with Crippen molar-refractivity contribution in [1.82, 2.24) is 20.4 Å². The molecule has 0 radical (unpaired) electrons. The first-order chi connectivity index (χ1) is 17.6. The Hall–Kier alpha value is -3.52. The number of piperidine rings is 1. The highest BCUT2D eigenvalue weighted by Gasteiger charge is 2.27. The van der Waals surface area contributed by atoms with Gasteiger partial charge in [0, 0.05) is 17.5 Å². The van der Waals surface area contributed by atoms with Gasteiger partial charge in [-0.1, -0.05) is 62.3 Å². The van der Waals surface area contributed by atoms with Crippen molar-refractivity contribution in [2.45, 2.75) is 65.5 Å². The number of para-hydroxylation sites is 1. The molecule has 0 unspecified atom stereocenters. The van der Waals surface area contributed by atoms with Gasteiger partial charge in [-0.2, -0.15) is 4.98 Å². The summed E-state index contributed by atoms with van der Waals surface area (Å²) in [5, 5.41) is 10.0. The number of nitrogens with one attached hydrogen (secondary N) is 2. The number of carbonyl (C=O) groups is 2. The van der Waals surface area contributed by atoms with E-state index in [1.54, 1.807) is 18.2 Å². The second kappa shape index (κ2) is 11.3. The van der Waals surface area contributed by atoms with Crippen molar-refractivity contribution < 1.29 is 14.1 Å². The van der Waals surface area contributed by atoms with Gasteiger partial charge in [-0.05, 0) is 62.9 Å². The molecule has 1 fully saturated rings. The monoisotopic (exact) mass is 503 g/mol. The third-order valence-electron chi connectivity index (χ3n) is 6.64. The number of carbonyl (C=O) groups excluding carboxylic acids is 2. The lowest BCUT2D eigenvalue weighted by Gasteiger charge is -2.30. The molecule has 1 aliphatic rings. The summed E-state index contributed by atoms with van der Waals surface area (Å²) < 4.78 is 5.52. The van der Waals surface area contributed by atoms with E-state index in [4.69, 9.17) is 4.52 Å². The number of aromatic nitrogens is 2. The Balaban J connectivity index is 1.30. The smallest absolute Gasteiger partial charge is 0.253 e. The van der Waals surface area contributed by atoms with Gasteiger partial charge >= 0.3 is 0 Å². The zero-order valence-electron chi connectivity index (χ0n) is 22.4. The van der Waals surface area contributed by atoms with Gasteiger partial charge < -0.3 is 15.2 Å². The van der Waals surface area contributed by atoms with E-state index >= 15 is 0 Å². The van der Waals surface area contributed by atoms with Crippen molar-refractivity contribution in [3.05, 3.63) is 65.5 Å². The van der Waals surface area contributed by atoms with Crippen LogP contribution in [0.3, 0.4) is 0 Å². The largest absolute Gasteiger partial charge is 0.350 e. The van der Waals surface area contributed by atoms with E-state index in [1.807, 2.05) is 32.0 Å². The molecular weight excluding hydrogens is 466 g/mol. The van der Waals surface area contributed by atoms with E-state index in [9.17, 15) is 9.59 Å². The van der Waals surface area contributed by atoms with Crippen LogP contribution in [0.4, 0.5) is 5.69 Å². The fourth-order valence-electron chi connectivity index (χ4n) is 4.47. The molecule has 2 aromatic carbocycles. The molecular formula is C29H37N5O3. The third-order valence-corrected chi connectivity index (χ3v) is 6.64. The average molecular weight is 504 g/mol. The number of hydrogen-bond acceptors (Lipinski definition) is 6. The Morgan fingerprint density at radius 1 is 1.05 bits per heavy atom. The first-order valence-electron chi connectivity index (χ1n) is 13.0. The van der Waals surface area contributed by atoms with Crippen LogP contribution in [0, 0.1) is 5.92 Å². The molecule has 4 rings (SSSR count). The van der Waals surface area contributed by atoms with E-state index < -0.39 is 0 Å². The van der Waals surface area contributed by atoms with Gasteiger partial charge in [-0.25, -0.2) is 0 Å². The summed E-state index contributed by atoms with van der Waals surface area (Å²) in [6.07, 6.45) is 1.45. The van der Waals surface area contributed by atoms with Crippen molar-refractivity contribution in [1.29, 1.82) is 0 Å². The predicted molar refractivity (Wildman–Crippen MR) is 144 cm³/mol. The lowest BCUT2D eigenvalue weighted by atomic mass is 9.87. The van der Waals surface area contributed by atoms with Crippen molar-refractivity contribution >= 4 is 17.5 Å². The standard InChI is InChI=1S/C29H37N5O3/c1-19(2)30-28(36)23-8-6-7-9-24(23)31-27(35)21-14-16-34(17-15-21)18-25-32-26(33-37-25)20-10-12-22(13-11-20)29(3,4)5/h6-13,19,21H,14-18H2,1-5H3,(H,30,36)(H,31,35). The van der Waals surface area contributed by atoms with Crippen LogP contribution in [0.25, 0.3) is 11.4 Å². The van der Waals surface area contributed by atoms with Gasteiger partial charge in [-0.3, -0.25) is 14.5 Å². The SMILES string of the molecule is CC(C)NC(=O)c1ccccc1NC(=O)C1CCN(Cc2nc(-c3ccc(C(C)(C)C)cc3)no2)CC1. The molecule has 0 atom stereocenters. The zero-order valence-corrected chi connectivity index (χ0v) is 22.4. The lowest BCUT2D eigenvalue weighted by molar-refractivity contribution is -0.121. The summed E-state index contributed by atoms with van der Waals surface area (Å²) in [6.45, 7) is 12.4. The third kappa shape index (κ3) is 6.83. The van der Waals surface area contributed by atoms with Gasteiger partial charge in [0.15, 0.2) is 0 Å². The molecule has 37 heavy (non-hydrogen) atoms. The summed E-state index contributed by atoms with van der Waals surface area (Å²) in [4.78, 5) is 32.3. The predicted octanol–water partition coefficient (Wildman–Crippen LogP) is 5.02. The average Bonchev–Trinajstić information content (AvgIpc) is 3.32. The van der Waals surface area contributed by atoms with Crippen molar-refractivity contribution in [2.75, 3.05) is 18.4 Å². The van der Waals surface area contributed by atoms with Gasteiger partial charge in [0.25, 0.3) is 5.91 Å². The Kier molecular flexibility index (Phi) is 8.07. The fraction of sp³-hybridized carbons (Fsp3) is 0.448. The van der Waals surface area contributed by atoms with E-state index in [1.165, 1.54) is 5.56 Å². The molecule has 8 nitrogen and oxygen atoms in total. The molecule has 196 valence electrons. The van der Waals surface area contributed by atoms with Crippen LogP contribution >= 0.6 is 0 Å². The summed E-state index contributed by atoms with van der Waals surface area (Å²) >= 11 is 0. The first kappa shape index (κ1) is 26.5. The van der Waals surface area contributed by atoms with Crippen LogP contribution < -0.4 is 10.6 Å². The maximum absolute atomic E-state index is 13.0. The van der Waals surface area contributed by atoms with Crippen LogP contribution in [-0.2, 0) is 16.8 Å². The maximum Gasteiger partial charge on any atom is 0.253 e. The molecule has 3 aromatic rings. The number of rotatable bonds is 7. The lowest BCUT2D eigenvalue weighted by Crippen LogP contribution is -2.38. The zero-order chi connectivity index (χ0) is 26.6. The van der Waals surface area contributed by atoms with E-state index in [-0.39, 0.29) is 29.2 Å². The van der Waals surface area contributed by atoms with Crippen LogP contribution in [0.5, 0.6) is 0 Å². The van der Waals surface area contributed by atoms with Crippen LogP contribution in [0.15, 0.2) is 53.1 Å². The van der Waals surface area contributed by atoms with Crippen molar-refractivity contribution in [3.8, 4) is 11.4 Å². The highest BCUT2D eigenvalue weighted by molar-refractivity contribution is 6.04. The Morgan fingerprint density at radius 2 is 1.73 bits per heavy atom. The van der Waals surface area contributed by atoms with Gasteiger partial charge in [0.1, 0.15) is 0 Å². The molecule has 1 aromatic heterocycles. The summed E-state index contributed by atoms with van der Waals surface area (Å²) in [7, 11) is 0. The number of likely N-dealkylation sites (tertiary alicyclic amines) is 1. The molecule has 2 heterocycles. The Morgan fingerprint density at radius 3 is 2.38 bits per heavy atom. The minimum atomic E-state index is -0.190.